The van der Waals surface area contributed by atoms with Gasteiger partial charge in [-0.2, -0.15) is 0 Å². The third-order valence-electron chi connectivity index (χ3n) is 5.51. The Morgan fingerprint density at radius 1 is 0.871 bits per heavy atom. The van der Waals surface area contributed by atoms with E-state index in [1.54, 1.807) is 7.11 Å². The number of benzene rings is 2. The van der Waals surface area contributed by atoms with E-state index in [2.05, 4.69) is 38.3 Å². The van der Waals surface area contributed by atoms with Crippen LogP contribution in [-0.2, 0) is 6.61 Å². The normalized spacial score (nSPS) is 14.3. The Morgan fingerprint density at radius 3 is 2.42 bits per heavy atom. The van der Waals surface area contributed by atoms with Crippen molar-refractivity contribution in [2.75, 3.05) is 56.6 Å². The monoisotopic (exact) mass is 418 g/mol. The van der Waals surface area contributed by atoms with E-state index in [4.69, 9.17) is 9.47 Å². The molecule has 1 saturated heterocycles. The number of ether oxygens (including phenoxy) is 2. The fourth-order valence-electron chi connectivity index (χ4n) is 3.79. The van der Waals surface area contributed by atoms with Gasteiger partial charge in [-0.15, -0.1) is 0 Å². The van der Waals surface area contributed by atoms with Crippen LogP contribution < -0.4 is 19.7 Å². The van der Waals surface area contributed by atoms with Gasteiger partial charge in [0.25, 0.3) is 0 Å². The Balaban J connectivity index is 1.27. The molecule has 1 aliphatic rings. The quantitative estimate of drug-likeness (QED) is 0.569. The maximum atomic E-state index is 6.10. The molecule has 2 aromatic carbocycles. The Morgan fingerprint density at radius 2 is 1.61 bits per heavy atom. The van der Waals surface area contributed by atoms with Gasteiger partial charge in [0, 0.05) is 45.5 Å². The van der Waals surface area contributed by atoms with Gasteiger partial charge in [0.15, 0.2) is 11.6 Å². The maximum Gasteiger partial charge on any atom is 0.171 e. The molecule has 4 rings (SSSR count). The van der Waals surface area contributed by atoms with E-state index in [0.29, 0.717) is 6.61 Å². The number of nitrogens with zero attached hydrogens (tertiary/aromatic N) is 3. The summed E-state index contributed by atoms with van der Waals surface area (Å²) in [5, 5.41) is 3.48. The molecule has 162 valence electrons. The fourth-order valence-corrected chi connectivity index (χ4v) is 3.79. The van der Waals surface area contributed by atoms with Gasteiger partial charge in [-0.3, -0.25) is 4.90 Å². The summed E-state index contributed by atoms with van der Waals surface area (Å²) in [6.45, 7) is 6.31. The molecule has 1 N–H and O–H groups in total. The van der Waals surface area contributed by atoms with E-state index in [-0.39, 0.29) is 0 Å². The lowest BCUT2D eigenvalue weighted by molar-refractivity contribution is 0.263. The van der Waals surface area contributed by atoms with Crippen molar-refractivity contribution in [3.8, 4) is 11.5 Å². The van der Waals surface area contributed by atoms with Crippen molar-refractivity contribution in [1.82, 2.24) is 9.88 Å². The van der Waals surface area contributed by atoms with Crippen LogP contribution in [0.25, 0.3) is 0 Å². The standard InChI is InChI=1S/C25H30N4O2/c1-30-23-11-6-5-10-22(23)26-14-15-28-16-18-29(19-17-28)25-24(12-7-13-27-25)31-20-21-8-3-2-4-9-21/h2-13,26H,14-20H2,1H3. The number of anilines is 2. The Hall–Kier alpha value is -3.25. The number of methoxy groups -OCH3 is 1. The summed E-state index contributed by atoms with van der Waals surface area (Å²) in [6.07, 6.45) is 1.84. The molecular weight excluding hydrogens is 388 g/mol. The maximum absolute atomic E-state index is 6.10. The molecule has 0 aliphatic carbocycles. The van der Waals surface area contributed by atoms with Gasteiger partial charge < -0.3 is 19.7 Å². The molecule has 6 heteroatoms. The second kappa shape index (κ2) is 10.7. The first-order chi connectivity index (χ1) is 15.3. The molecule has 0 bridgehead atoms. The van der Waals surface area contributed by atoms with Gasteiger partial charge >= 0.3 is 0 Å². The van der Waals surface area contributed by atoms with E-state index < -0.39 is 0 Å². The first kappa shape index (κ1) is 21.0. The summed E-state index contributed by atoms with van der Waals surface area (Å²) in [7, 11) is 1.70. The lowest BCUT2D eigenvalue weighted by Gasteiger charge is -2.36. The number of rotatable bonds is 9. The van der Waals surface area contributed by atoms with E-state index in [0.717, 1.165) is 67.8 Å². The van der Waals surface area contributed by atoms with Gasteiger partial charge in [0.1, 0.15) is 12.4 Å². The van der Waals surface area contributed by atoms with Gasteiger partial charge in [-0.1, -0.05) is 42.5 Å². The molecule has 1 aliphatic heterocycles. The van der Waals surface area contributed by atoms with E-state index in [1.165, 1.54) is 0 Å². The molecule has 0 atom stereocenters. The Bertz CT molecular complexity index is 943. The number of piperazine rings is 1. The van der Waals surface area contributed by atoms with Crippen LogP contribution in [0.1, 0.15) is 5.56 Å². The highest BCUT2D eigenvalue weighted by Crippen LogP contribution is 2.27. The lowest BCUT2D eigenvalue weighted by atomic mass is 10.2. The summed E-state index contributed by atoms with van der Waals surface area (Å²) in [6, 6.07) is 22.2. The van der Waals surface area contributed by atoms with E-state index in [9.17, 15) is 0 Å². The number of pyridine rings is 1. The number of para-hydroxylation sites is 2. The highest BCUT2D eigenvalue weighted by molar-refractivity contribution is 5.56. The lowest BCUT2D eigenvalue weighted by Crippen LogP contribution is -2.48. The molecule has 1 aromatic heterocycles. The molecule has 2 heterocycles. The largest absolute Gasteiger partial charge is 0.495 e. The fraction of sp³-hybridized carbons (Fsp3) is 0.320. The predicted octanol–water partition coefficient (Wildman–Crippen LogP) is 3.90. The van der Waals surface area contributed by atoms with Gasteiger partial charge in [0.2, 0.25) is 0 Å². The smallest absolute Gasteiger partial charge is 0.171 e. The highest BCUT2D eigenvalue weighted by atomic mass is 16.5. The molecule has 31 heavy (non-hydrogen) atoms. The third-order valence-corrected chi connectivity index (χ3v) is 5.51. The van der Waals surface area contributed by atoms with Crippen LogP contribution in [0.5, 0.6) is 11.5 Å². The van der Waals surface area contributed by atoms with Crippen molar-refractivity contribution in [3.63, 3.8) is 0 Å². The van der Waals surface area contributed by atoms with Crippen LogP contribution in [0, 0.1) is 0 Å². The van der Waals surface area contributed by atoms with Crippen LogP contribution in [0.15, 0.2) is 72.9 Å². The predicted molar refractivity (Wildman–Crippen MR) is 125 cm³/mol. The van der Waals surface area contributed by atoms with Crippen LogP contribution in [0.4, 0.5) is 11.5 Å². The van der Waals surface area contributed by atoms with Gasteiger partial charge in [0.05, 0.1) is 12.8 Å². The molecule has 0 unspecified atom stereocenters. The zero-order chi connectivity index (χ0) is 21.3. The first-order valence-corrected chi connectivity index (χ1v) is 10.8. The van der Waals surface area contributed by atoms with Crippen molar-refractivity contribution in [2.24, 2.45) is 0 Å². The molecule has 1 fully saturated rings. The molecule has 0 amide bonds. The second-order valence-electron chi connectivity index (χ2n) is 7.56. The highest BCUT2D eigenvalue weighted by Gasteiger charge is 2.20. The minimum atomic E-state index is 0.550. The summed E-state index contributed by atoms with van der Waals surface area (Å²) in [5.74, 6) is 2.66. The van der Waals surface area contributed by atoms with Crippen molar-refractivity contribution in [2.45, 2.75) is 6.61 Å². The summed E-state index contributed by atoms with van der Waals surface area (Å²) in [5.41, 5.74) is 2.20. The van der Waals surface area contributed by atoms with Crippen LogP contribution in [-0.4, -0.2) is 56.3 Å². The third kappa shape index (κ3) is 5.67. The van der Waals surface area contributed by atoms with Crippen molar-refractivity contribution >= 4 is 11.5 Å². The van der Waals surface area contributed by atoms with Crippen molar-refractivity contribution in [1.29, 1.82) is 0 Å². The van der Waals surface area contributed by atoms with Crippen LogP contribution in [0.3, 0.4) is 0 Å². The molecule has 6 nitrogen and oxygen atoms in total. The van der Waals surface area contributed by atoms with Crippen molar-refractivity contribution in [3.05, 3.63) is 78.5 Å². The molecule has 3 aromatic rings. The minimum absolute atomic E-state index is 0.550. The van der Waals surface area contributed by atoms with Crippen LogP contribution >= 0.6 is 0 Å². The average molecular weight is 419 g/mol. The second-order valence-corrected chi connectivity index (χ2v) is 7.56. The summed E-state index contributed by atoms with van der Waals surface area (Å²) in [4.78, 5) is 9.42. The summed E-state index contributed by atoms with van der Waals surface area (Å²) >= 11 is 0. The number of hydrogen-bond acceptors (Lipinski definition) is 6. The number of nitrogens with one attached hydrogen (secondary N) is 1. The van der Waals surface area contributed by atoms with E-state index >= 15 is 0 Å². The van der Waals surface area contributed by atoms with Gasteiger partial charge in [-0.25, -0.2) is 4.98 Å². The topological polar surface area (TPSA) is 49.9 Å². The molecule has 0 radical (unpaired) electrons. The Labute approximate surface area is 184 Å². The molecule has 0 saturated carbocycles. The zero-order valence-electron chi connectivity index (χ0n) is 18.0. The first-order valence-electron chi connectivity index (χ1n) is 10.8. The average Bonchev–Trinajstić information content (AvgIpc) is 2.84. The minimum Gasteiger partial charge on any atom is -0.495 e. The van der Waals surface area contributed by atoms with Gasteiger partial charge in [-0.05, 0) is 29.8 Å². The number of hydrogen-bond donors (Lipinski definition) is 1. The van der Waals surface area contributed by atoms with E-state index in [1.807, 2.05) is 54.7 Å². The molecule has 0 spiro atoms. The van der Waals surface area contributed by atoms with Crippen LogP contribution in [0.2, 0.25) is 0 Å². The Kier molecular flexibility index (Phi) is 7.24. The SMILES string of the molecule is COc1ccccc1NCCN1CCN(c2ncccc2OCc2ccccc2)CC1. The summed E-state index contributed by atoms with van der Waals surface area (Å²) < 4.78 is 11.5. The molecular formula is C25H30N4O2. The zero-order valence-corrected chi connectivity index (χ0v) is 18.0. The number of aromatic nitrogens is 1. The van der Waals surface area contributed by atoms with Crippen molar-refractivity contribution < 1.29 is 9.47 Å².